The van der Waals surface area contributed by atoms with Crippen LogP contribution < -0.4 is 5.32 Å². The van der Waals surface area contributed by atoms with Crippen molar-refractivity contribution >= 4 is 28.4 Å². The highest BCUT2D eigenvalue weighted by Crippen LogP contribution is 2.30. The van der Waals surface area contributed by atoms with E-state index in [1.165, 1.54) is 12.1 Å². The minimum Gasteiger partial charge on any atom is -0.481 e. The summed E-state index contributed by atoms with van der Waals surface area (Å²) >= 11 is 0. The fraction of sp³-hybridized carbons (Fsp3) is 0.250. The van der Waals surface area contributed by atoms with E-state index in [9.17, 15) is 14.9 Å². The summed E-state index contributed by atoms with van der Waals surface area (Å²) in [5, 5.41) is 30.1. The number of non-ortho nitro benzene ring substituents is 1. The maximum atomic E-state index is 10.9. The van der Waals surface area contributed by atoms with Crippen LogP contribution in [0.1, 0.15) is 6.42 Å². The summed E-state index contributed by atoms with van der Waals surface area (Å²) in [6.45, 7) is 0. The molecule has 0 bridgehead atoms. The molecule has 9 nitrogen and oxygen atoms in total. The fourth-order valence-electron chi connectivity index (χ4n) is 2.31. The van der Waals surface area contributed by atoms with Gasteiger partial charge < -0.3 is 10.4 Å². The number of carboxylic acids is 1. The van der Waals surface area contributed by atoms with Gasteiger partial charge in [0.25, 0.3) is 0 Å². The van der Waals surface area contributed by atoms with Crippen molar-refractivity contribution in [2.75, 3.05) is 5.32 Å². The minimum atomic E-state index is -0.882. The molecule has 0 radical (unpaired) electrons. The molecule has 2 N–H and O–H groups in total. The van der Waals surface area contributed by atoms with Crippen molar-refractivity contribution < 1.29 is 19.5 Å². The van der Waals surface area contributed by atoms with Gasteiger partial charge in [0.1, 0.15) is 0 Å². The molecular weight excluding hydrogens is 280 g/mol. The van der Waals surface area contributed by atoms with Gasteiger partial charge in [-0.1, -0.05) is 12.2 Å². The maximum absolute atomic E-state index is 10.9. The van der Waals surface area contributed by atoms with E-state index >= 15 is 0 Å². The number of benzene rings is 1. The van der Waals surface area contributed by atoms with Crippen molar-refractivity contribution in [3.63, 3.8) is 0 Å². The summed E-state index contributed by atoms with van der Waals surface area (Å²) in [6.07, 6.45) is 3.77. The number of nitrogens with zero attached hydrogens (tertiary/aromatic N) is 3. The first-order valence-corrected chi connectivity index (χ1v) is 6.13. The van der Waals surface area contributed by atoms with Gasteiger partial charge in [-0.05, 0) is 22.8 Å². The highest BCUT2D eigenvalue weighted by molar-refractivity contribution is 5.93. The SMILES string of the molecule is O=C(O)C1C=CC(Nc2ccc([N+](=O)[O-])c3nonc23)C1. The standard InChI is InChI=1S/C12H10N4O5/c17-12(18)6-1-2-7(5-6)13-8-3-4-9(16(19)20)11-10(8)14-21-15-11/h1-4,6-7,13H,5H2,(H,17,18). The van der Waals surface area contributed by atoms with Crippen LogP contribution in [0.25, 0.3) is 11.0 Å². The second-order valence-corrected chi connectivity index (χ2v) is 4.67. The Hall–Kier alpha value is -2.97. The van der Waals surface area contributed by atoms with E-state index in [1.807, 2.05) is 0 Å². The van der Waals surface area contributed by atoms with Crippen molar-refractivity contribution in [2.45, 2.75) is 12.5 Å². The number of anilines is 1. The predicted molar refractivity (Wildman–Crippen MR) is 70.8 cm³/mol. The molecule has 0 saturated heterocycles. The van der Waals surface area contributed by atoms with Crippen LogP contribution in [0.5, 0.6) is 0 Å². The molecule has 0 saturated carbocycles. The first-order valence-electron chi connectivity index (χ1n) is 6.13. The molecule has 0 spiro atoms. The number of aliphatic carboxylic acids is 1. The third kappa shape index (κ3) is 2.29. The Morgan fingerprint density at radius 2 is 2.14 bits per heavy atom. The van der Waals surface area contributed by atoms with Crippen molar-refractivity contribution in [1.82, 2.24) is 10.3 Å². The average Bonchev–Trinajstić information content (AvgIpc) is 3.06. The number of rotatable bonds is 4. The van der Waals surface area contributed by atoms with Crippen LogP contribution in [0.2, 0.25) is 0 Å². The molecule has 0 aliphatic heterocycles. The van der Waals surface area contributed by atoms with Crippen LogP contribution in [-0.2, 0) is 4.79 Å². The van der Waals surface area contributed by atoms with E-state index in [1.54, 1.807) is 12.2 Å². The highest BCUT2D eigenvalue weighted by atomic mass is 16.6. The van der Waals surface area contributed by atoms with Crippen molar-refractivity contribution in [3.8, 4) is 0 Å². The van der Waals surface area contributed by atoms with Crippen LogP contribution in [0.15, 0.2) is 28.9 Å². The van der Waals surface area contributed by atoms with E-state index in [4.69, 9.17) is 5.11 Å². The number of carboxylic acid groups (broad SMARTS) is 1. The molecule has 9 heteroatoms. The summed E-state index contributed by atoms with van der Waals surface area (Å²) in [5.74, 6) is -1.42. The first-order chi connectivity index (χ1) is 10.1. The number of aromatic nitrogens is 2. The molecule has 1 aliphatic carbocycles. The van der Waals surface area contributed by atoms with Crippen LogP contribution >= 0.6 is 0 Å². The zero-order valence-corrected chi connectivity index (χ0v) is 10.6. The molecular formula is C12H10N4O5. The lowest BCUT2D eigenvalue weighted by Crippen LogP contribution is -2.18. The summed E-state index contributed by atoms with van der Waals surface area (Å²) in [4.78, 5) is 21.2. The number of carbonyl (C=O) groups is 1. The Morgan fingerprint density at radius 3 is 2.81 bits per heavy atom. The van der Waals surface area contributed by atoms with Crippen molar-refractivity contribution in [2.24, 2.45) is 5.92 Å². The van der Waals surface area contributed by atoms with Crippen LogP contribution in [-0.4, -0.2) is 32.4 Å². The molecule has 3 rings (SSSR count). The van der Waals surface area contributed by atoms with Gasteiger partial charge in [-0.3, -0.25) is 14.9 Å². The minimum absolute atomic E-state index is 0.0572. The summed E-state index contributed by atoms with van der Waals surface area (Å²) in [6, 6.07) is 2.63. The Morgan fingerprint density at radius 1 is 1.38 bits per heavy atom. The quantitative estimate of drug-likeness (QED) is 0.492. The van der Waals surface area contributed by atoms with Crippen molar-refractivity contribution in [3.05, 3.63) is 34.4 Å². The molecule has 0 amide bonds. The summed E-state index contributed by atoms with van der Waals surface area (Å²) in [5.41, 5.74) is 0.623. The zero-order valence-electron chi connectivity index (χ0n) is 10.6. The van der Waals surface area contributed by atoms with E-state index in [0.29, 0.717) is 12.1 Å². The molecule has 21 heavy (non-hydrogen) atoms. The van der Waals surface area contributed by atoms with Gasteiger partial charge >= 0.3 is 11.7 Å². The fourth-order valence-corrected chi connectivity index (χ4v) is 2.31. The van der Waals surface area contributed by atoms with Crippen LogP contribution in [0.4, 0.5) is 11.4 Å². The van der Waals surface area contributed by atoms with Gasteiger partial charge in [0.05, 0.1) is 16.5 Å². The predicted octanol–water partition coefficient (Wildman–Crippen LogP) is 1.57. The molecule has 2 unspecified atom stereocenters. The number of fused-ring (bicyclic) bond motifs is 1. The number of nitrogens with one attached hydrogen (secondary N) is 1. The lowest BCUT2D eigenvalue weighted by molar-refractivity contribution is -0.383. The normalized spacial score (nSPS) is 20.8. The summed E-state index contributed by atoms with van der Waals surface area (Å²) < 4.78 is 4.56. The molecule has 1 aromatic carbocycles. The van der Waals surface area contributed by atoms with Gasteiger partial charge in [0.15, 0.2) is 5.52 Å². The molecule has 1 heterocycles. The lowest BCUT2D eigenvalue weighted by atomic mass is 10.1. The van der Waals surface area contributed by atoms with Gasteiger partial charge in [-0.25, -0.2) is 4.63 Å². The number of nitro groups is 1. The Labute approximate surface area is 117 Å². The maximum Gasteiger partial charge on any atom is 0.310 e. The van der Waals surface area contributed by atoms with Gasteiger partial charge in [0, 0.05) is 12.1 Å². The smallest absolute Gasteiger partial charge is 0.310 e. The van der Waals surface area contributed by atoms with E-state index in [-0.39, 0.29) is 22.8 Å². The van der Waals surface area contributed by atoms with E-state index < -0.39 is 16.8 Å². The molecule has 0 fully saturated rings. The second kappa shape index (κ2) is 4.85. The Kier molecular flexibility index (Phi) is 3.01. The lowest BCUT2D eigenvalue weighted by Gasteiger charge is -2.13. The van der Waals surface area contributed by atoms with E-state index in [2.05, 4.69) is 20.3 Å². The van der Waals surface area contributed by atoms with Crippen molar-refractivity contribution in [1.29, 1.82) is 0 Å². The van der Waals surface area contributed by atoms with Gasteiger partial charge in [-0.15, -0.1) is 0 Å². The third-order valence-corrected chi connectivity index (χ3v) is 3.33. The van der Waals surface area contributed by atoms with Gasteiger partial charge in [0.2, 0.25) is 5.52 Å². The summed E-state index contributed by atoms with van der Waals surface area (Å²) in [7, 11) is 0. The largest absolute Gasteiger partial charge is 0.481 e. The molecule has 2 atom stereocenters. The second-order valence-electron chi connectivity index (χ2n) is 4.67. The monoisotopic (exact) mass is 290 g/mol. The molecule has 1 aliphatic rings. The molecule has 2 aromatic rings. The van der Waals surface area contributed by atoms with Gasteiger partial charge in [-0.2, -0.15) is 0 Å². The number of nitro benzene ring substituents is 1. The zero-order chi connectivity index (χ0) is 15.0. The Balaban J connectivity index is 1.88. The highest BCUT2D eigenvalue weighted by Gasteiger charge is 2.26. The molecule has 108 valence electrons. The van der Waals surface area contributed by atoms with Crippen LogP contribution in [0, 0.1) is 16.0 Å². The average molecular weight is 290 g/mol. The topological polar surface area (TPSA) is 131 Å². The third-order valence-electron chi connectivity index (χ3n) is 3.33. The number of hydrogen-bond acceptors (Lipinski definition) is 7. The Bertz CT molecular complexity index is 753. The van der Waals surface area contributed by atoms with E-state index in [0.717, 1.165) is 0 Å². The number of hydrogen-bond donors (Lipinski definition) is 2. The first kappa shape index (κ1) is 13.0. The van der Waals surface area contributed by atoms with Crippen LogP contribution in [0.3, 0.4) is 0 Å². The molecule has 1 aromatic heterocycles.